The average molecular weight is 291 g/mol. The summed E-state index contributed by atoms with van der Waals surface area (Å²) < 4.78 is 0. The van der Waals surface area contributed by atoms with E-state index in [1.807, 2.05) is 14.1 Å². The summed E-state index contributed by atoms with van der Waals surface area (Å²) in [6.07, 6.45) is 3.54. The van der Waals surface area contributed by atoms with Crippen molar-refractivity contribution >= 4 is 17.5 Å². The van der Waals surface area contributed by atoms with Crippen molar-refractivity contribution in [3.8, 4) is 0 Å². The Labute approximate surface area is 126 Å². The Balaban J connectivity index is 2.36. The normalized spacial score (nSPS) is 10.5. The van der Waals surface area contributed by atoms with Crippen molar-refractivity contribution in [3.05, 3.63) is 29.8 Å². The van der Waals surface area contributed by atoms with E-state index in [-0.39, 0.29) is 11.8 Å². The summed E-state index contributed by atoms with van der Waals surface area (Å²) in [5.41, 5.74) is 1.20. The number of carbonyl (C=O) groups is 2. The van der Waals surface area contributed by atoms with Gasteiger partial charge in [0.2, 0.25) is 5.91 Å². The van der Waals surface area contributed by atoms with Gasteiger partial charge in [-0.15, -0.1) is 0 Å². The molecule has 0 aromatic heterocycles. The number of amides is 2. The van der Waals surface area contributed by atoms with Gasteiger partial charge in [0.15, 0.2) is 0 Å². The van der Waals surface area contributed by atoms with Crippen LogP contribution in [0.5, 0.6) is 0 Å². The van der Waals surface area contributed by atoms with E-state index in [1.165, 1.54) is 0 Å². The maximum absolute atomic E-state index is 11.8. The summed E-state index contributed by atoms with van der Waals surface area (Å²) in [5.74, 6) is -0.163. The molecule has 1 aromatic rings. The van der Waals surface area contributed by atoms with Crippen LogP contribution < -0.4 is 10.6 Å². The third-order valence-electron chi connectivity index (χ3n) is 3.14. The topological polar surface area (TPSA) is 61.4 Å². The second-order valence-electron chi connectivity index (χ2n) is 5.32. The highest BCUT2D eigenvalue weighted by atomic mass is 16.2. The number of carbonyl (C=O) groups excluding carboxylic acids is 2. The van der Waals surface area contributed by atoms with Gasteiger partial charge in [0.25, 0.3) is 5.91 Å². The number of nitrogens with zero attached hydrogens (tertiary/aromatic N) is 1. The van der Waals surface area contributed by atoms with Crippen molar-refractivity contribution in [1.29, 1.82) is 0 Å². The highest BCUT2D eigenvalue weighted by Gasteiger charge is 2.06. The van der Waals surface area contributed by atoms with Gasteiger partial charge in [0.1, 0.15) is 0 Å². The van der Waals surface area contributed by atoms with Gasteiger partial charge < -0.3 is 15.5 Å². The second kappa shape index (κ2) is 9.13. The molecule has 0 aliphatic rings. The highest BCUT2D eigenvalue weighted by molar-refractivity contribution is 5.97. The van der Waals surface area contributed by atoms with E-state index < -0.39 is 0 Å². The molecule has 116 valence electrons. The molecule has 21 heavy (non-hydrogen) atoms. The van der Waals surface area contributed by atoms with E-state index in [4.69, 9.17) is 0 Å². The number of anilines is 1. The van der Waals surface area contributed by atoms with Gasteiger partial charge in [-0.25, -0.2) is 0 Å². The molecule has 1 rings (SSSR count). The predicted octanol–water partition coefficient (Wildman–Crippen LogP) is 2.11. The molecule has 0 spiro atoms. The minimum atomic E-state index is -0.158. The van der Waals surface area contributed by atoms with Crippen molar-refractivity contribution in [2.45, 2.75) is 25.7 Å². The molecule has 0 aliphatic carbocycles. The molecule has 0 atom stereocenters. The fraction of sp³-hybridized carbons (Fsp3) is 0.500. The SMILES string of the molecule is CNC(=O)c1cccc(NC(=O)CCCCCN(C)C)c1. The van der Waals surface area contributed by atoms with Gasteiger partial charge in [-0.1, -0.05) is 12.5 Å². The van der Waals surface area contributed by atoms with Crippen LogP contribution in [0, 0.1) is 0 Å². The molecule has 0 saturated carbocycles. The van der Waals surface area contributed by atoms with E-state index in [0.29, 0.717) is 17.7 Å². The third-order valence-corrected chi connectivity index (χ3v) is 3.14. The highest BCUT2D eigenvalue weighted by Crippen LogP contribution is 2.12. The molecule has 2 amide bonds. The molecule has 5 heteroatoms. The molecule has 0 unspecified atom stereocenters. The standard InChI is InChI=1S/C16H25N3O2/c1-17-16(21)13-8-7-9-14(12-13)18-15(20)10-5-4-6-11-19(2)3/h7-9,12H,4-6,10-11H2,1-3H3,(H,17,21)(H,18,20). The first-order chi connectivity index (χ1) is 10.0. The summed E-state index contributed by atoms with van der Waals surface area (Å²) in [6.45, 7) is 1.05. The van der Waals surface area contributed by atoms with Crippen molar-refractivity contribution < 1.29 is 9.59 Å². The molecule has 0 saturated heterocycles. The lowest BCUT2D eigenvalue weighted by Crippen LogP contribution is -2.18. The van der Waals surface area contributed by atoms with Gasteiger partial charge in [0.05, 0.1) is 0 Å². The van der Waals surface area contributed by atoms with Crippen LogP contribution in [0.2, 0.25) is 0 Å². The molecule has 0 radical (unpaired) electrons. The van der Waals surface area contributed by atoms with E-state index in [2.05, 4.69) is 15.5 Å². The Kier molecular flexibility index (Phi) is 7.46. The Hall–Kier alpha value is -1.88. The maximum Gasteiger partial charge on any atom is 0.251 e. The second-order valence-corrected chi connectivity index (χ2v) is 5.32. The van der Waals surface area contributed by atoms with Crippen LogP contribution in [0.1, 0.15) is 36.0 Å². The summed E-state index contributed by atoms with van der Waals surface area (Å²) in [5, 5.41) is 5.40. The maximum atomic E-state index is 11.8. The van der Waals surface area contributed by atoms with Crippen LogP contribution in [-0.2, 0) is 4.79 Å². The lowest BCUT2D eigenvalue weighted by Gasteiger charge is -2.09. The zero-order chi connectivity index (χ0) is 15.7. The number of hydrogen-bond acceptors (Lipinski definition) is 3. The molecule has 5 nitrogen and oxygen atoms in total. The summed E-state index contributed by atoms with van der Waals surface area (Å²) in [4.78, 5) is 25.5. The van der Waals surface area contributed by atoms with Crippen molar-refractivity contribution in [2.75, 3.05) is 33.0 Å². The first-order valence-corrected chi connectivity index (χ1v) is 7.29. The smallest absolute Gasteiger partial charge is 0.251 e. The molecule has 0 aliphatic heterocycles. The molecular weight excluding hydrogens is 266 g/mol. The third kappa shape index (κ3) is 6.90. The van der Waals surface area contributed by atoms with Crippen LogP contribution in [0.25, 0.3) is 0 Å². The van der Waals surface area contributed by atoms with Gasteiger partial charge in [-0.3, -0.25) is 9.59 Å². The van der Waals surface area contributed by atoms with E-state index in [9.17, 15) is 9.59 Å². The van der Waals surface area contributed by atoms with Crippen LogP contribution >= 0.6 is 0 Å². The van der Waals surface area contributed by atoms with Crippen molar-refractivity contribution in [1.82, 2.24) is 10.2 Å². The van der Waals surface area contributed by atoms with Gasteiger partial charge >= 0.3 is 0 Å². The van der Waals surface area contributed by atoms with Crippen molar-refractivity contribution in [2.24, 2.45) is 0 Å². The van der Waals surface area contributed by atoms with Crippen LogP contribution in [-0.4, -0.2) is 44.4 Å². The lowest BCUT2D eigenvalue weighted by molar-refractivity contribution is -0.116. The quantitative estimate of drug-likeness (QED) is 0.721. The fourth-order valence-electron chi connectivity index (χ4n) is 2.00. The number of hydrogen-bond donors (Lipinski definition) is 2. The van der Waals surface area contributed by atoms with E-state index in [1.54, 1.807) is 31.3 Å². The van der Waals surface area contributed by atoms with Gasteiger partial charge in [-0.2, -0.15) is 0 Å². The van der Waals surface area contributed by atoms with Gasteiger partial charge in [0, 0.05) is 24.7 Å². The summed E-state index contributed by atoms with van der Waals surface area (Å²) in [6, 6.07) is 6.95. The Bertz CT molecular complexity index is 472. The zero-order valence-electron chi connectivity index (χ0n) is 13.1. The Morgan fingerprint density at radius 3 is 2.57 bits per heavy atom. The molecular formula is C16H25N3O2. The molecule has 0 fully saturated rings. The van der Waals surface area contributed by atoms with E-state index in [0.717, 1.165) is 25.8 Å². The van der Waals surface area contributed by atoms with Crippen LogP contribution in [0.3, 0.4) is 0 Å². The molecule has 0 bridgehead atoms. The number of unbranched alkanes of at least 4 members (excludes halogenated alkanes) is 2. The molecule has 1 aromatic carbocycles. The van der Waals surface area contributed by atoms with Crippen LogP contribution in [0.4, 0.5) is 5.69 Å². The number of nitrogens with one attached hydrogen (secondary N) is 2. The monoisotopic (exact) mass is 291 g/mol. The minimum absolute atomic E-state index is 0.00564. The summed E-state index contributed by atoms with van der Waals surface area (Å²) in [7, 11) is 5.68. The number of rotatable bonds is 8. The lowest BCUT2D eigenvalue weighted by atomic mass is 10.1. The minimum Gasteiger partial charge on any atom is -0.355 e. The predicted molar refractivity (Wildman–Crippen MR) is 85.5 cm³/mol. The first-order valence-electron chi connectivity index (χ1n) is 7.29. The molecule has 0 heterocycles. The largest absolute Gasteiger partial charge is 0.355 e. The Morgan fingerprint density at radius 2 is 1.90 bits per heavy atom. The summed E-state index contributed by atoms with van der Waals surface area (Å²) >= 11 is 0. The Morgan fingerprint density at radius 1 is 1.14 bits per heavy atom. The molecule has 2 N–H and O–H groups in total. The van der Waals surface area contributed by atoms with Crippen molar-refractivity contribution in [3.63, 3.8) is 0 Å². The average Bonchev–Trinajstić information content (AvgIpc) is 2.46. The zero-order valence-corrected chi connectivity index (χ0v) is 13.1. The van der Waals surface area contributed by atoms with Gasteiger partial charge in [-0.05, 0) is 51.7 Å². The fourth-order valence-corrected chi connectivity index (χ4v) is 2.00. The van der Waals surface area contributed by atoms with Crippen LogP contribution in [0.15, 0.2) is 24.3 Å². The number of benzene rings is 1. The van der Waals surface area contributed by atoms with E-state index >= 15 is 0 Å². The first kappa shape index (κ1) is 17.2.